The molecule has 0 saturated carbocycles. The number of rotatable bonds is 6. The first-order valence-corrected chi connectivity index (χ1v) is 4.74. The van der Waals surface area contributed by atoms with Crippen molar-refractivity contribution in [1.29, 1.82) is 0 Å². The van der Waals surface area contributed by atoms with E-state index in [1.54, 1.807) is 0 Å². The van der Waals surface area contributed by atoms with Crippen LogP contribution in [0.15, 0.2) is 24.3 Å². The molecule has 0 aliphatic carbocycles. The lowest BCUT2D eigenvalue weighted by Gasteiger charge is -2.10. The molecule has 1 N–H and O–H groups in total. The first-order chi connectivity index (χ1) is 5.76. The lowest BCUT2D eigenvalue weighted by molar-refractivity contribution is 0.203. The second-order valence-electron chi connectivity index (χ2n) is 2.92. The van der Waals surface area contributed by atoms with E-state index in [4.69, 9.17) is 0 Å². The molecule has 1 nitrogen and oxygen atoms in total. The monoisotopic (exact) mass is 168 g/mol. The van der Waals surface area contributed by atoms with Gasteiger partial charge in [-0.15, -0.1) is 6.58 Å². The van der Waals surface area contributed by atoms with Gasteiger partial charge in [-0.1, -0.05) is 26.0 Å². The Kier molecular flexibility index (Phi) is 6.78. The van der Waals surface area contributed by atoms with Crippen molar-refractivity contribution >= 4 is 0 Å². The molecule has 0 aliphatic rings. The van der Waals surface area contributed by atoms with Crippen LogP contribution in [0.4, 0.5) is 0 Å². The van der Waals surface area contributed by atoms with Gasteiger partial charge in [0.25, 0.3) is 0 Å². The number of hydrogen-bond donors (Lipinski definition) is 1. The van der Waals surface area contributed by atoms with Crippen LogP contribution < -0.4 is 0 Å². The molecule has 1 atom stereocenters. The molecule has 12 heavy (non-hydrogen) atoms. The van der Waals surface area contributed by atoms with Crippen LogP contribution in [0, 0.1) is 0 Å². The number of hydrogen-bond acceptors (Lipinski definition) is 1. The number of unbranched alkanes of at least 4 members (excludes halogenated alkanes) is 1. The molecule has 0 aliphatic heterocycles. The minimum Gasteiger partial charge on any atom is -0.389 e. The highest BCUT2D eigenvalue weighted by molar-refractivity contribution is 5.07. The Hall–Kier alpha value is -0.560. The van der Waals surface area contributed by atoms with Crippen LogP contribution in [0.1, 0.15) is 39.5 Å². The molecule has 70 valence electrons. The van der Waals surface area contributed by atoms with Crippen LogP contribution >= 0.6 is 0 Å². The maximum absolute atomic E-state index is 9.52. The van der Waals surface area contributed by atoms with Crippen molar-refractivity contribution in [2.45, 2.75) is 45.6 Å². The van der Waals surface area contributed by atoms with Crippen LogP contribution in [0.5, 0.6) is 0 Å². The Balaban J connectivity index is 3.93. The van der Waals surface area contributed by atoms with E-state index >= 15 is 0 Å². The molecule has 0 spiro atoms. The zero-order chi connectivity index (χ0) is 9.40. The van der Waals surface area contributed by atoms with E-state index in [9.17, 15) is 5.11 Å². The Labute approximate surface area is 75.8 Å². The van der Waals surface area contributed by atoms with Gasteiger partial charge < -0.3 is 5.11 Å². The molecular weight excluding hydrogens is 148 g/mol. The second kappa shape index (κ2) is 7.11. The fourth-order valence-corrected chi connectivity index (χ4v) is 1.16. The third-order valence-electron chi connectivity index (χ3n) is 2.00. The van der Waals surface area contributed by atoms with Gasteiger partial charge in [0.2, 0.25) is 0 Å². The van der Waals surface area contributed by atoms with E-state index in [1.807, 2.05) is 13.0 Å². The van der Waals surface area contributed by atoms with Gasteiger partial charge in [0.1, 0.15) is 0 Å². The average Bonchev–Trinajstić information content (AvgIpc) is 2.11. The Bertz CT molecular complexity index is 147. The van der Waals surface area contributed by atoms with Crippen molar-refractivity contribution in [3.63, 3.8) is 0 Å². The SMILES string of the molecule is C=CCC/C=C(\CC)C(O)CC. The third-order valence-corrected chi connectivity index (χ3v) is 2.00. The lowest BCUT2D eigenvalue weighted by atomic mass is 10.0. The van der Waals surface area contributed by atoms with E-state index in [-0.39, 0.29) is 6.10 Å². The summed E-state index contributed by atoms with van der Waals surface area (Å²) in [6, 6.07) is 0. The highest BCUT2D eigenvalue weighted by Gasteiger charge is 2.04. The second-order valence-corrected chi connectivity index (χ2v) is 2.92. The largest absolute Gasteiger partial charge is 0.389 e. The first kappa shape index (κ1) is 11.4. The van der Waals surface area contributed by atoms with Gasteiger partial charge in [-0.2, -0.15) is 0 Å². The van der Waals surface area contributed by atoms with Crippen LogP contribution in [0.3, 0.4) is 0 Å². The maximum Gasteiger partial charge on any atom is 0.0747 e. The lowest BCUT2D eigenvalue weighted by Crippen LogP contribution is -2.07. The Morgan fingerprint density at radius 2 is 2.08 bits per heavy atom. The smallest absolute Gasteiger partial charge is 0.0747 e. The van der Waals surface area contributed by atoms with Crippen molar-refractivity contribution in [3.05, 3.63) is 24.3 Å². The molecule has 0 aromatic heterocycles. The quantitative estimate of drug-likeness (QED) is 0.477. The van der Waals surface area contributed by atoms with Gasteiger partial charge in [0.05, 0.1) is 6.10 Å². The Morgan fingerprint density at radius 3 is 2.50 bits per heavy atom. The van der Waals surface area contributed by atoms with E-state index in [1.165, 1.54) is 5.57 Å². The van der Waals surface area contributed by atoms with Crippen molar-refractivity contribution in [1.82, 2.24) is 0 Å². The summed E-state index contributed by atoms with van der Waals surface area (Å²) in [6.07, 6.45) is 7.57. The highest BCUT2D eigenvalue weighted by atomic mass is 16.3. The first-order valence-electron chi connectivity index (χ1n) is 4.74. The topological polar surface area (TPSA) is 20.2 Å². The van der Waals surface area contributed by atoms with Gasteiger partial charge in [-0.25, -0.2) is 0 Å². The van der Waals surface area contributed by atoms with Crippen molar-refractivity contribution in [2.24, 2.45) is 0 Å². The van der Waals surface area contributed by atoms with Gasteiger partial charge in [-0.05, 0) is 31.3 Å². The van der Waals surface area contributed by atoms with Crippen molar-refractivity contribution in [2.75, 3.05) is 0 Å². The predicted octanol–water partition coefficient (Wildman–Crippen LogP) is 3.06. The molecule has 0 aromatic rings. The molecule has 0 bridgehead atoms. The van der Waals surface area contributed by atoms with Gasteiger partial charge in [0, 0.05) is 0 Å². The third kappa shape index (κ3) is 4.35. The van der Waals surface area contributed by atoms with Crippen LogP contribution in [0.25, 0.3) is 0 Å². The summed E-state index contributed by atoms with van der Waals surface area (Å²) in [4.78, 5) is 0. The summed E-state index contributed by atoms with van der Waals surface area (Å²) in [5, 5.41) is 9.52. The Morgan fingerprint density at radius 1 is 1.42 bits per heavy atom. The van der Waals surface area contributed by atoms with Crippen LogP contribution in [-0.2, 0) is 0 Å². The molecule has 1 unspecified atom stereocenters. The van der Waals surface area contributed by atoms with E-state index in [2.05, 4.69) is 19.6 Å². The van der Waals surface area contributed by atoms with E-state index in [0.717, 1.165) is 25.7 Å². The zero-order valence-corrected chi connectivity index (χ0v) is 8.21. The number of allylic oxidation sites excluding steroid dienone is 2. The molecule has 0 saturated heterocycles. The normalized spacial score (nSPS) is 14.4. The highest BCUT2D eigenvalue weighted by Crippen LogP contribution is 2.11. The zero-order valence-electron chi connectivity index (χ0n) is 8.21. The average molecular weight is 168 g/mol. The molecule has 0 radical (unpaired) electrons. The number of aliphatic hydroxyl groups excluding tert-OH is 1. The molecule has 0 aromatic carbocycles. The minimum atomic E-state index is -0.236. The standard InChI is InChI=1S/C11H20O/c1-4-7-8-9-10(5-2)11(12)6-3/h4,9,11-12H,1,5-8H2,2-3H3/b10-9+. The minimum absolute atomic E-state index is 0.236. The molecule has 0 amide bonds. The number of aliphatic hydroxyl groups is 1. The summed E-state index contributed by atoms with van der Waals surface area (Å²) >= 11 is 0. The fourth-order valence-electron chi connectivity index (χ4n) is 1.16. The predicted molar refractivity (Wildman–Crippen MR) is 54.1 cm³/mol. The maximum atomic E-state index is 9.52. The van der Waals surface area contributed by atoms with Gasteiger partial charge >= 0.3 is 0 Å². The summed E-state index contributed by atoms with van der Waals surface area (Å²) < 4.78 is 0. The van der Waals surface area contributed by atoms with Gasteiger partial charge in [0.15, 0.2) is 0 Å². The van der Waals surface area contributed by atoms with Crippen LogP contribution in [-0.4, -0.2) is 11.2 Å². The van der Waals surface area contributed by atoms with E-state index in [0.29, 0.717) is 0 Å². The summed E-state index contributed by atoms with van der Waals surface area (Å²) in [5.74, 6) is 0. The summed E-state index contributed by atoms with van der Waals surface area (Å²) in [7, 11) is 0. The molecule has 0 heterocycles. The fraction of sp³-hybridized carbons (Fsp3) is 0.636. The van der Waals surface area contributed by atoms with Crippen LogP contribution in [0.2, 0.25) is 0 Å². The van der Waals surface area contributed by atoms with Crippen molar-refractivity contribution < 1.29 is 5.11 Å². The van der Waals surface area contributed by atoms with Gasteiger partial charge in [-0.3, -0.25) is 0 Å². The van der Waals surface area contributed by atoms with E-state index < -0.39 is 0 Å². The molecular formula is C11H20O. The molecule has 0 fully saturated rings. The molecule has 1 heteroatoms. The van der Waals surface area contributed by atoms with Crippen molar-refractivity contribution in [3.8, 4) is 0 Å². The summed E-state index contributed by atoms with van der Waals surface area (Å²) in [6.45, 7) is 7.74. The summed E-state index contributed by atoms with van der Waals surface area (Å²) in [5.41, 5.74) is 1.17. The molecule has 0 rings (SSSR count).